The van der Waals surface area contributed by atoms with Crippen molar-refractivity contribution in [3.05, 3.63) is 35.6 Å². The number of benzene rings is 1. The van der Waals surface area contributed by atoms with Crippen LogP contribution < -0.4 is 11.1 Å². The topological polar surface area (TPSA) is 58.4 Å². The maximum absolute atomic E-state index is 13.0. The van der Waals surface area contributed by atoms with Crippen LogP contribution >= 0.6 is 0 Å². The van der Waals surface area contributed by atoms with Gasteiger partial charge in [0.05, 0.1) is 12.5 Å². The van der Waals surface area contributed by atoms with Crippen molar-refractivity contribution in [2.24, 2.45) is 5.73 Å². The van der Waals surface area contributed by atoms with Gasteiger partial charge in [0.1, 0.15) is 5.82 Å². The summed E-state index contributed by atoms with van der Waals surface area (Å²) in [5.41, 5.74) is 6.36. The highest BCUT2D eigenvalue weighted by Crippen LogP contribution is 2.09. The molecule has 1 aromatic rings. The molecule has 18 heavy (non-hydrogen) atoms. The van der Waals surface area contributed by atoms with Crippen LogP contribution in [0.3, 0.4) is 0 Å². The molecule has 1 amide bonds. The molecule has 0 saturated carbocycles. The van der Waals surface area contributed by atoms with Gasteiger partial charge in [-0.15, -0.1) is 0 Å². The number of carbonyl (C=O) groups is 1. The van der Waals surface area contributed by atoms with Gasteiger partial charge >= 0.3 is 0 Å². The van der Waals surface area contributed by atoms with Crippen LogP contribution in [0.1, 0.15) is 5.56 Å². The molecular formula is C13H18FN3O. The van der Waals surface area contributed by atoms with Gasteiger partial charge in [-0.2, -0.15) is 0 Å². The molecule has 1 aromatic carbocycles. The number of hydrogen-bond acceptors (Lipinski definition) is 3. The van der Waals surface area contributed by atoms with E-state index in [4.69, 9.17) is 5.73 Å². The summed E-state index contributed by atoms with van der Waals surface area (Å²) in [5, 5.41) is 3.21. The minimum Gasteiger partial charge on any atom is -0.336 e. The van der Waals surface area contributed by atoms with Crippen LogP contribution in [0, 0.1) is 5.82 Å². The second kappa shape index (κ2) is 5.93. The maximum Gasteiger partial charge on any atom is 0.227 e. The number of halogens is 1. The Labute approximate surface area is 106 Å². The van der Waals surface area contributed by atoms with E-state index in [0.717, 1.165) is 13.1 Å². The molecule has 1 unspecified atom stereocenters. The van der Waals surface area contributed by atoms with E-state index >= 15 is 0 Å². The molecule has 1 saturated heterocycles. The first-order chi connectivity index (χ1) is 8.70. The van der Waals surface area contributed by atoms with Crippen molar-refractivity contribution in [1.29, 1.82) is 0 Å². The fourth-order valence-corrected chi connectivity index (χ4v) is 2.22. The van der Waals surface area contributed by atoms with E-state index in [1.807, 2.05) is 0 Å². The summed E-state index contributed by atoms with van der Waals surface area (Å²) in [4.78, 5) is 14.0. The first-order valence-corrected chi connectivity index (χ1v) is 6.15. The molecule has 0 spiro atoms. The highest BCUT2D eigenvalue weighted by molar-refractivity contribution is 5.79. The number of piperazine rings is 1. The Morgan fingerprint density at radius 1 is 1.56 bits per heavy atom. The van der Waals surface area contributed by atoms with Gasteiger partial charge in [0.25, 0.3) is 0 Å². The van der Waals surface area contributed by atoms with Crippen molar-refractivity contribution >= 4 is 5.91 Å². The van der Waals surface area contributed by atoms with Gasteiger partial charge in [0.2, 0.25) is 5.91 Å². The Morgan fingerprint density at radius 2 is 2.39 bits per heavy atom. The SMILES string of the molecule is NCC1CNCCN1C(=O)Cc1cccc(F)c1. The number of nitrogens with zero attached hydrogens (tertiary/aromatic N) is 1. The zero-order valence-corrected chi connectivity index (χ0v) is 10.2. The molecule has 0 aliphatic carbocycles. The number of rotatable bonds is 3. The second-order valence-corrected chi connectivity index (χ2v) is 4.49. The average Bonchev–Trinajstić information content (AvgIpc) is 2.38. The van der Waals surface area contributed by atoms with Gasteiger partial charge in [0.15, 0.2) is 0 Å². The van der Waals surface area contributed by atoms with E-state index in [1.54, 1.807) is 17.0 Å². The standard InChI is InChI=1S/C13H18FN3O/c14-11-3-1-2-10(6-11)7-13(18)17-5-4-16-9-12(17)8-15/h1-3,6,12,16H,4-5,7-9,15H2. The molecule has 4 nitrogen and oxygen atoms in total. The smallest absolute Gasteiger partial charge is 0.227 e. The van der Waals surface area contributed by atoms with Crippen LogP contribution in [0.15, 0.2) is 24.3 Å². The van der Waals surface area contributed by atoms with Gasteiger partial charge in [-0.25, -0.2) is 4.39 Å². The van der Waals surface area contributed by atoms with Crippen molar-refractivity contribution in [2.75, 3.05) is 26.2 Å². The van der Waals surface area contributed by atoms with Crippen LogP contribution in [-0.4, -0.2) is 43.0 Å². The summed E-state index contributed by atoms with van der Waals surface area (Å²) in [6.45, 7) is 2.62. The summed E-state index contributed by atoms with van der Waals surface area (Å²) in [6, 6.07) is 6.20. The van der Waals surface area contributed by atoms with Gasteiger partial charge < -0.3 is 16.0 Å². The summed E-state index contributed by atoms with van der Waals surface area (Å²) >= 11 is 0. The first kappa shape index (κ1) is 13.0. The zero-order chi connectivity index (χ0) is 13.0. The van der Waals surface area contributed by atoms with Crippen molar-refractivity contribution in [2.45, 2.75) is 12.5 Å². The number of amides is 1. The summed E-state index contributed by atoms with van der Waals surface area (Å²) in [5.74, 6) is -0.298. The molecule has 1 atom stereocenters. The molecular weight excluding hydrogens is 233 g/mol. The van der Waals surface area contributed by atoms with Gasteiger partial charge in [-0.1, -0.05) is 12.1 Å². The average molecular weight is 251 g/mol. The Kier molecular flexibility index (Phi) is 4.28. The van der Waals surface area contributed by atoms with Crippen molar-refractivity contribution in [3.8, 4) is 0 Å². The number of carbonyl (C=O) groups excluding carboxylic acids is 1. The molecule has 1 aliphatic rings. The molecule has 1 fully saturated rings. The van der Waals surface area contributed by atoms with Crippen LogP contribution in [0.2, 0.25) is 0 Å². The van der Waals surface area contributed by atoms with Crippen LogP contribution in [0.25, 0.3) is 0 Å². The number of nitrogens with two attached hydrogens (primary N) is 1. The summed E-state index contributed by atoms with van der Waals surface area (Å²) in [7, 11) is 0. The van der Waals surface area contributed by atoms with E-state index in [-0.39, 0.29) is 24.2 Å². The number of nitrogens with one attached hydrogen (secondary N) is 1. The Bertz CT molecular complexity index is 424. The van der Waals surface area contributed by atoms with Gasteiger partial charge in [-0.3, -0.25) is 4.79 Å². The van der Waals surface area contributed by atoms with E-state index in [2.05, 4.69) is 5.32 Å². The molecule has 1 aliphatic heterocycles. The predicted molar refractivity (Wildman–Crippen MR) is 67.5 cm³/mol. The first-order valence-electron chi connectivity index (χ1n) is 6.15. The molecule has 0 bridgehead atoms. The fraction of sp³-hybridized carbons (Fsp3) is 0.462. The monoisotopic (exact) mass is 251 g/mol. The Hall–Kier alpha value is -1.46. The van der Waals surface area contributed by atoms with Gasteiger partial charge in [-0.05, 0) is 17.7 Å². The molecule has 0 radical (unpaired) electrons. The van der Waals surface area contributed by atoms with Crippen molar-refractivity contribution in [3.63, 3.8) is 0 Å². The minimum absolute atomic E-state index is 0.0116. The number of hydrogen-bond donors (Lipinski definition) is 2. The lowest BCUT2D eigenvalue weighted by molar-refractivity contribution is -0.133. The Balaban J connectivity index is 2.02. The maximum atomic E-state index is 13.0. The summed E-state index contributed by atoms with van der Waals surface area (Å²) < 4.78 is 13.0. The van der Waals surface area contributed by atoms with Crippen molar-refractivity contribution < 1.29 is 9.18 Å². The normalized spacial score (nSPS) is 19.9. The third-order valence-corrected chi connectivity index (χ3v) is 3.19. The fourth-order valence-electron chi connectivity index (χ4n) is 2.22. The third kappa shape index (κ3) is 3.05. The van der Waals surface area contributed by atoms with Crippen molar-refractivity contribution in [1.82, 2.24) is 10.2 Å². The van der Waals surface area contributed by atoms with E-state index in [1.165, 1.54) is 12.1 Å². The Morgan fingerprint density at radius 3 is 3.11 bits per heavy atom. The molecule has 5 heteroatoms. The van der Waals surface area contributed by atoms with Crippen LogP contribution in [-0.2, 0) is 11.2 Å². The highest BCUT2D eigenvalue weighted by Gasteiger charge is 2.25. The second-order valence-electron chi connectivity index (χ2n) is 4.49. The summed E-state index contributed by atoms with van der Waals surface area (Å²) in [6.07, 6.45) is 0.230. The van der Waals surface area contributed by atoms with Crippen LogP contribution in [0.5, 0.6) is 0 Å². The molecule has 3 N–H and O–H groups in total. The largest absolute Gasteiger partial charge is 0.336 e. The van der Waals surface area contributed by atoms with E-state index in [9.17, 15) is 9.18 Å². The quantitative estimate of drug-likeness (QED) is 0.802. The van der Waals surface area contributed by atoms with E-state index < -0.39 is 0 Å². The molecule has 2 rings (SSSR count). The minimum atomic E-state index is -0.309. The molecule has 1 heterocycles. The molecule has 98 valence electrons. The van der Waals surface area contributed by atoms with Gasteiger partial charge in [0, 0.05) is 26.2 Å². The lowest BCUT2D eigenvalue weighted by atomic mass is 10.1. The van der Waals surface area contributed by atoms with E-state index in [0.29, 0.717) is 18.7 Å². The third-order valence-electron chi connectivity index (χ3n) is 3.19. The highest BCUT2D eigenvalue weighted by atomic mass is 19.1. The lowest BCUT2D eigenvalue weighted by Crippen LogP contribution is -2.56. The van der Waals surface area contributed by atoms with Crippen LogP contribution in [0.4, 0.5) is 4.39 Å². The molecule has 0 aromatic heterocycles. The zero-order valence-electron chi connectivity index (χ0n) is 10.2. The lowest BCUT2D eigenvalue weighted by Gasteiger charge is -2.35. The predicted octanol–water partition coefficient (Wildman–Crippen LogP) is 0.127.